The number of rotatable bonds is 2. The molecule has 1 aromatic carbocycles. The zero-order chi connectivity index (χ0) is 15.7. The Bertz CT molecular complexity index is 785. The molecular formula is C16H15N3O3. The van der Waals surface area contributed by atoms with Gasteiger partial charge in [-0.15, -0.1) is 0 Å². The third-order valence-electron chi connectivity index (χ3n) is 3.65. The van der Waals surface area contributed by atoms with Gasteiger partial charge in [0.05, 0.1) is 11.1 Å². The highest BCUT2D eigenvalue weighted by Gasteiger charge is 2.28. The molecule has 1 atom stereocenters. The van der Waals surface area contributed by atoms with Gasteiger partial charge in [0.1, 0.15) is 6.04 Å². The van der Waals surface area contributed by atoms with Gasteiger partial charge in [0.25, 0.3) is 5.91 Å². The van der Waals surface area contributed by atoms with Crippen molar-refractivity contribution >= 4 is 28.6 Å². The van der Waals surface area contributed by atoms with Crippen molar-refractivity contribution in [2.24, 2.45) is 0 Å². The van der Waals surface area contributed by atoms with Crippen LogP contribution in [-0.2, 0) is 9.59 Å². The van der Waals surface area contributed by atoms with E-state index in [0.717, 1.165) is 16.5 Å². The molecule has 1 aromatic heterocycles. The number of aromatic nitrogens is 1. The molecule has 1 aliphatic rings. The number of amides is 3. The Kier molecular flexibility index (Phi) is 3.58. The summed E-state index contributed by atoms with van der Waals surface area (Å²) in [7, 11) is 0. The Morgan fingerprint density at radius 1 is 1.32 bits per heavy atom. The molecule has 3 rings (SSSR count). The molecule has 0 spiro atoms. The van der Waals surface area contributed by atoms with Gasteiger partial charge in [-0.25, -0.2) is 0 Å². The third-order valence-corrected chi connectivity index (χ3v) is 3.65. The number of carbonyl (C=O) groups is 3. The zero-order valence-electron chi connectivity index (χ0n) is 12.1. The number of nitrogens with zero attached hydrogens (tertiary/aromatic N) is 1. The minimum Gasteiger partial charge on any atom is -0.340 e. The van der Waals surface area contributed by atoms with Crippen molar-refractivity contribution in [2.45, 2.75) is 25.8 Å². The molecule has 0 radical (unpaired) electrons. The average molecular weight is 297 g/mol. The van der Waals surface area contributed by atoms with E-state index in [9.17, 15) is 14.4 Å². The van der Waals surface area contributed by atoms with Crippen LogP contribution in [0.5, 0.6) is 0 Å². The van der Waals surface area contributed by atoms with Gasteiger partial charge in [0, 0.05) is 18.0 Å². The van der Waals surface area contributed by atoms with Crippen molar-refractivity contribution in [2.75, 3.05) is 0 Å². The van der Waals surface area contributed by atoms with Gasteiger partial charge in [-0.1, -0.05) is 12.1 Å². The molecule has 3 amide bonds. The maximum atomic E-state index is 12.2. The van der Waals surface area contributed by atoms with Gasteiger partial charge >= 0.3 is 0 Å². The fraction of sp³-hybridized carbons (Fsp3) is 0.250. The highest BCUT2D eigenvalue weighted by atomic mass is 16.2. The SMILES string of the molecule is Cc1ccc2cc(C(=O)NC3CCC(=O)NC3=O)cnc2c1. The largest absolute Gasteiger partial charge is 0.340 e. The van der Waals surface area contributed by atoms with Crippen LogP contribution in [-0.4, -0.2) is 28.7 Å². The highest BCUT2D eigenvalue weighted by molar-refractivity contribution is 6.04. The highest BCUT2D eigenvalue weighted by Crippen LogP contribution is 2.15. The van der Waals surface area contributed by atoms with Crippen LogP contribution in [0.25, 0.3) is 10.9 Å². The Morgan fingerprint density at radius 3 is 2.91 bits per heavy atom. The van der Waals surface area contributed by atoms with Crippen LogP contribution < -0.4 is 10.6 Å². The number of hydrogen-bond donors (Lipinski definition) is 2. The van der Waals surface area contributed by atoms with E-state index >= 15 is 0 Å². The van der Waals surface area contributed by atoms with E-state index in [1.54, 1.807) is 6.07 Å². The number of imide groups is 1. The second kappa shape index (κ2) is 5.55. The first-order valence-corrected chi connectivity index (χ1v) is 7.04. The van der Waals surface area contributed by atoms with Gasteiger partial charge in [-0.3, -0.25) is 24.7 Å². The van der Waals surface area contributed by atoms with Gasteiger partial charge in [0.2, 0.25) is 11.8 Å². The van der Waals surface area contributed by atoms with E-state index in [0.29, 0.717) is 12.0 Å². The van der Waals surface area contributed by atoms with Gasteiger partial charge in [0.15, 0.2) is 0 Å². The molecule has 2 heterocycles. The van der Waals surface area contributed by atoms with Gasteiger partial charge in [-0.05, 0) is 31.0 Å². The first kappa shape index (κ1) is 14.2. The van der Waals surface area contributed by atoms with Crippen LogP contribution in [0.3, 0.4) is 0 Å². The molecule has 2 N–H and O–H groups in total. The number of benzene rings is 1. The van der Waals surface area contributed by atoms with Crippen LogP contribution in [0.15, 0.2) is 30.5 Å². The summed E-state index contributed by atoms with van der Waals surface area (Å²) < 4.78 is 0. The van der Waals surface area contributed by atoms with Gasteiger partial charge in [-0.2, -0.15) is 0 Å². The molecule has 0 saturated carbocycles. The second-order valence-electron chi connectivity index (χ2n) is 5.40. The quantitative estimate of drug-likeness (QED) is 0.812. The fourth-order valence-electron chi connectivity index (χ4n) is 2.43. The standard InChI is InChI=1S/C16H15N3O3/c1-9-2-3-10-7-11(8-17-13(10)6-9)15(21)18-12-4-5-14(20)19-16(12)22/h2-3,6-8,12H,4-5H2,1H3,(H,18,21)(H,19,20,22). The molecule has 112 valence electrons. The minimum absolute atomic E-state index is 0.228. The summed E-state index contributed by atoms with van der Waals surface area (Å²) in [6, 6.07) is 6.85. The van der Waals surface area contributed by atoms with Crippen LogP contribution >= 0.6 is 0 Å². The number of pyridine rings is 1. The molecule has 1 fully saturated rings. The number of piperidine rings is 1. The normalized spacial score (nSPS) is 18.1. The predicted octanol–water partition coefficient (Wildman–Crippen LogP) is 1.08. The van der Waals surface area contributed by atoms with Crippen LogP contribution in [0.4, 0.5) is 0 Å². The number of nitrogens with one attached hydrogen (secondary N) is 2. The fourth-order valence-corrected chi connectivity index (χ4v) is 2.43. The lowest BCUT2D eigenvalue weighted by atomic mass is 10.1. The van der Waals surface area contributed by atoms with Crippen molar-refractivity contribution in [1.29, 1.82) is 0 Å². The maximum absolute atomic E-state index is 12.2. The molecule has 2 aromatic rings. The summed E-state index contributed by atoms with van der Waals surface area (Å²) >= 11 is 0. The van der Waals surface area contributed by atoms with E-state index < -0.39 is 11.9 Å². The summed E-state index contributed by atoms with van der Waals surface area (Å²) in [6.07, 6.45) is 2.03. The number of fused-ring (bicyclic) bond motifs is 1. The van der Waals surface area contributed by atoms with Crippen molar-refractivity contribution in [3.8, 4) is 0 Å². The Morgan fingerprint density at radius 2 is 2.14 bits per heavy atom. The summed E-state index contributed by atoms with van der Waals surface area (Å²) in [5.74, 6) is -1.14. The number of hydrogen-bond acceptors (Lipinski definition) is 4. The molecule has 1 aliphatic heterocycles. The Balaban J connectivity index is 1.79. The van der Waals surface area contributed by atoms with E-state index in [4.69, 9.17) is 0 Å². The van der Waals surface area contributed by atoms with Crippen molar-refractivity contribution in [3.05, 3.63) is 41.6 Å². The minimum atomic E-state index is -0.682. The third kappa shape index (κ3) is 2.81. The summed E-state index contributed by atoms with van der Waals surface area (Å²) in [4.78, 5) is 39.3. The summed E-state index contributed by atoms with van der Waals surface area (Å²) in [6.45, 7) is 1.98. The molecule has 0 bridgehead atoms. The molecule has 6 nitrogen and oxygen atoms in total. The van der Waals surface area contributed by atoms with E-state index in [1.807, 2.05) is 25.1 Å². The van der Waals surface area contributed by atoms with E-state index in [-0.39, 0.29) is 18.2 Å². The molecule has 22 heavy (non-hydrogen) atoms. The van der Waals surface area contributed by atoms with Crippen LogP contribution in [0.2, 0.25) is 0 Å². The van der Waals surface area contributed by atoms with Crippen LogP contribution in [0, 0.1) is 6.92 Å². The lowest BCUT2D eigenvalue weighted by Gasteiger charge is -2.21. The predicted molar refractivity (Wildman–Crippen MR) is 80.1 cm³/mol. The first-order valence-electron chi connectivity index (χ1n) is 7.04. The summed E-state index contributed by atoms with van der Waals surface area (Å²) in [5, 5.41) is 5.71. The number of carbonyl (C=O) groups excluding carboxylic acids is 3. The smallest absolute Gasteiger partial charge is 0.253 e. The monoisotopic (exact) mass is 297 g/mol. The zero-order valence-corrected chi connectivity index (χ0v) is 12.1. The van der Waals surface area contributed by atoms with Gasteiger partial charge < -0.3 is 5.32 Å². The molecule has 6 heteroatoms. The first-order chi connectivity index (χ1) is 10.5. The van der Waals surface area contributed by atoms with Crippen molar-refractivity contribution in [3.63, 3.8) is 0 Å². The molecule has 1 unspecified atom stereocenters. The molecule has 1 saturated heterocycles. The topological polar surface area (TPSA) is 88.2 Å². The molecule has 0 aliphatic carbocycles. The Labute approximate surface area is 126 Å². The Hall–Kier alpha value is -2.76. The number of aryl methyl sites for hydroxylation is 1. The van der Waals surface area contributed by atoms with Crippen molar-refractivity contribution in [1.82, 2.24) is 15.6 Å². The van der Waals surface area contributed by atoms with Crippen molar-refractivity contribution < 1.29 is 14.4 Å². The lowest BCUT2D eigenvalue weighted by molar-refractivity contribution is -0.134. The van der Waals surface area contributed by atoms with Crippen LogP contribution in [0.1, 0.15) is 28.8 Å². The maximum Gasteiger partial charge on any atom is 0.253 e. The molecular weight excluding hydrogens is 282 g/mol. The lowest BCUT2D eigenvalue weighted by Crippen LogP contribution is -2.52. The van der Waals surface area contributed by atoms with E-state index in [2.05, 4.69) is 15.6 Å². The average Bonchev–Trinajstić information content (AvgIpc) is 2.49. The van der Waals surface area contributed by atoms with E-state index in [1.165, 1.54) is 6.20 Å². The second-order valence-corrected chi connectivity index (χ2v) is 5.40. The summed E-state index contributed by atoms with van der Waals surface area (Å²) in [5.41, 5.74) is 2.30.